The molecule has 2 fully saturated rings. The van der Waals surface area contributed by atoms with E-state index in [9.17, 15) is 4.79 Å². The van der Waals surface area contributed by atoms with Crippen molar-refractivity contribution >= 4 is 5.97 Å². The molecule has 0 aromatic rings. The zero-order valence-corrected chi connectivity index (χ0v) is 10.7. The van der Waals surface area contributed by atoms with Gasteiger partial charge in [0.15, 0.2) is 0 Å². The van der Waals surface area contributed by atoms with Crippen LogP contribution in [0.3, 0.4) is 0 Å². The summed E-state index contributed by atoms with van der Waals surface area (Å²) in [7, 11) is 2.11. The molecule has 1 saturated carbocycles. The first kappa shape index (κ1) is 12.8. The molecule has 2 N–H and O–H groups in total. The van der Waals surface area contributed by atoms with Gasteiger partial charge in [-0.3, -0.25) is 4.79 Å². The number of hydrogen-bond donors (Lipinski definition) is 1. The molecule has 0 amide bonds. The largest absolute Gasteiger partial charge is 0.462 e. The van der Waals surface area contributed by atoms with Gasteiger partial charge in [-0.15, -0.1) is 0 Å². The Balaban J connectivity index is 1.73. The Morgan fingerprint density at radius 3 is 2.29 bits per heavy atom. The minimum atomic E-state index is 0.0199. The molecule has 2 rings (SSSR count). The average molecular weight is 240 g/mol. The highest BCUT2D eigenvalue weighted by molar-refractivity contribution is 5.72. The molecule has 1 heterocycles. The number of carbonyl (C=O) groups excluding carboxylic acids is 1. The van der Waals surface area contributed by atoms with Crippen LogP contribution in [-0.2, 0) is 9.53 Å². The summed E-state index contributed by atoms with van der Waals surface area (Å²) in [4.78, 5) is 14.3. The molecule has 0 unspecified atom stereocenters. The molecule has 0 radical (unpaired) electrons. The number of hydrogen-bond acceptors (Lipinski definition) is 4. The van der Waals surface area contributed by atoms with Crippen LogP contribution in [0, 0.1) is 5.92 Å². The number of esters is 1. The van der Waals surface area contributed by atoms with Crippen molar-refractivity contribution in [2.75, 3.05) is 20.1 Å². The molecule has 2 aliphatic rings. The fraction of sp³-hybridized carbons (Fsp3) is 0.923. The van der Waals surface area contributed by atoms with Crippen molar-refractivity contribution in [3.05, 3.63) is 0 Å². The summed E-state index contributed by atoms with van der Waals surface area (Å²) in [6.07, 6.45) is 5.86. The summed E-state index contributed by atoms with van der Waals surface area (Å²) in [5.41, 5.74) is 5.84. The number of ether oxygens (including phenoxy) is 1. The molecule has 4 nitrogen and oxygen atoms in total. The molecular weight excluding hydrogens is 216 g/mol. The second kappa shape index (κ2) is 5.83. The Morgan fingerprint density at radius 2 is 1.71 bits per heavy atom. The monoisotopic (exact) mass is 240 g/mol. The second-order valence-electron chi connectivity index (χ2n) is 5.55. The number of rotatable bonds is 2. The summed E-state index contributed by atoms with van der Waals surface area (Å²) in [5.74, 6) is 0.126. The van der Waals surface area contributed by atoms with Crippen LogP contribution in [-0.4, -0.2) is 43.2 Å². The van der Waals surface area contributed by atoms with Crippen LogP contribution in [0.2, 0.25) is 0 Å². The Hall–Kier alpha value is -0.610. The molecule has 1 saturated heterocycles. The fourth-order valence-corrected chi connectivity index (χ4v) is 2.72. The zero-order chi connectivity index (χ0) is 12.3. The van der Waals surface area contributed by atoms with Crippen molar-refractivity contribution in [2.45, 2.75) is 50.7 Å². The Bertz CT molecular complexity index is 254. The lowest BCUT2D eigenvalue weighted by molar-refractivity contribution is -0.157. The van der Waals surface area contributed by atoms with Gasteiger partial charge in [0.2, 0.25) is 0 Å². The predicted molar refractivity (Wildman–Crippen MR) is 66.5 cm³/mol. The van der Waals surface area contributed by atoms with Crippen molar-refractivity contribution in [2.24, 2.45) is 11.7 Å². The first-order chi connectivity index (χ1) is 8.15. The average Bonchev–Trinajstić information content (AvgIpc) is 2.33. The van der Waals surface area contributed by atoms with Crippen LogP contribution < -0.4 is 5.73 Å². The van der Waals surface area contributed by atoms with Gasteiger partial charge in [0.05, 0.1) is 5.92 Å². The van der Waals surface area contributed by atoms with Gasteiger partial charge in [0.1, 0.15) is 6.10 Å². The van der Waals surface area contributed by atoms with Gasteiger partial charge in [0, 0.05) is 19.1 Å². The normalized spacial score (nSPS) is 32.4. The standard InChI is InChI=1S/C13H24N2O2/c1-15-8-6-12(7-9-15)17-13(16)10-2-4-11(14)5-3-10/h10-12H,2-9,14H2,1H3. The number of likely N-dealkylation sites (tertiary alicyclic amines) is 1. The van der Waals surface area contributed by atoms with Crippen LogP contribution in [0.25, 0.3) is 0 Å². The van der Waals surface area contributed by atoms with E-state index in [4.69, 9.17) is 10.5 Å². The van der Waals surface area contributed by atoms with E-state index in [-0.39, 0.29) is 18.0 Å². The number of nitrogens with two attached hydrogens (primary N) is 1. The third kappa shape index (κ3) is 3.68. The highest BCUT2D eigenvalue weighted by Gasteiger charge is 2.28. The van der Waals surface area contributed by atoms with Gasteiger partial charge >= 0.3 is 5.97 Å². The molecule has 98 valence electrons. The lowest BCUT2D eigenvalue weighted by Crippen LogP contribution is -2.37. The maximum absolute atomic E-state index is 12.0. The van der Waals surface area contributed by atoms with E-state index >= 15 is 0 Å². The van der Waals surface area contributed by atoms with Crippen LogP contribution in [0.4, 0.5) is 0 Å². The first-order valence-electron chi connectivity index (χ1n) is 6.80. The van der Waals surface area contributed by atoms with Crippen molar-refractivity contribution in [1.82, 2.24) is 4.90 Å². The molecule has 0 aromatic carbocycles. The maximum Gasteiger partial charge on any atom is 0.309 e. The number of nitrogens with zero attached hydrogens (tertiary/aromatic N) is 1. The highest BCUT2D eigenvalue weighted by atomic mass is 16.5. The van der Waals surface area contributed by atoms with E-state index in [0.29, 0.717) is 6.04 Å². The third-order valence-electron chi connectivity index (χ3n) is 4.05. The molecule has 0 atom stereocenters. The van der Waals surface area contributed by atoms with E-state index < -0.39 is 0 Å². The Kier molecular flexibility index (Phi) is 4.40. The minimum Gasteiger partial charge on any atom is -0.462 e. The van der Waals surface area contributed by atoms with Crippen LogP contribution in [0.1, 0.15) is 38.5 Å². The molecule has 4 heteroatoms. The molecular formula is C13H24N2O2. The van der Waals surface area contributed by atoms with Crippen molar-refractivity contribution in [3.8, 4) is 0 Å². The van der Waals surface area contributed by atoms with E-state index in [1.54, 1.807) is 0 Å². The molecule has 1 aliphatic carbocycles. The summed E-state index contributed by atoms with van der Waals surface area (Å²) < 4.78 is 5.61. The maximum atomic E-state index is 12.0. The van der Waals surface area contributed by atoms with E-state index in [2.05, 4.69) is 11.9 Å². The molecule has 0 bridgehead atoms. The molecule has 0 aromatic heterocycles. The van der Waals surface area contributed by atoms with Crippen molar-refractivity contribution in [1.29, 1.82) is 0 Å². The minimum absolute atomic E-state index is 0.0199. The third-order valence-corrected chi connectivity index (χ3v) is 4.05. The highest BCUT2D eigenvalue weighted by Crippen LogP contribution is 2.25. The van der Waals surface area contributed by atoms with Gasteiger partial charge in [-0.1, -0.05) is 0 Å². The Morgan fingerprint density at radius 1 is 1.12 bits per heavy atom. The van der Waals surface area contributed by atoms with Crippen LogP contribution in [0.5, 0.6) is 0 Å². The van der Waals surface area contributed by atoms with Gasteiger partial charge in [-0.05, 0) is 45.6 Å². The second-order valence-corrected chi connectivity index (χ2v) is 5.55. The topological polar surface area (TPSA) is 55.6 Å². The van der Waals surface area contributed by atoms with Crippen LogP contribution in [0.15, 0.2) is 0 Å². The van der Waals surface area contributed by atoms with Gasteiger partial charge in [0.25, 0.3) is 0 Å². The van der Waals surface area contributed by atoms with E-state index in [1.807, 2.05) is 0 Å². The quantitative estimate of drug-likeness (QED) is 0.735. The summed E-state index contributed by atoms with van der Waals surface area (Å²) in [5, 5.41) is 0. The summed E-state index contributed by atoms with van der Waals surface area (Å²) >= 11 is 0. The molecule has 0 spiro atoms. The SMILES string of the molecule is CN1CCC(OC(=O)C2CCC(N)CC2)CC1. The summed E-state index contributed by atoms with van der Waals surface area (Å²) in [6, 6.07) is 0.294. The molecule has 1 aliphatic heterocycles. The number of piperidine rings is 1. The lowest BCUT2D eigenvalue weighted by Gasteiger charge is -2.31. The van der Waals surface area contributed by atoms with Gasteiger partial charge in [-0.2, -0.15) is 0 Å². The number of carbonyl (C=O) groups is 1. The summed E-state index contributed by atoms with van der Waals surface area (Å²) in [6.45, 7) is 2.07. The zero-order valence-electron chi connectivity index (χ0n) is 10.7. The Labute approximate surface area is 103 Å². The van der Waals surface area contributed by atoms with Gasteiger partial charge in [-0.25, -0.2) is 0 Å². The van der Waals surface area contributed by atoms with Crippen molar-refractivity contribution in [3.63, 3.8) is 0 Å². The first-order valence-corrected chi connectivity index (χ1v) is 6.80. The van der Waals surface area contributed by atoms with E-state index in [0.717, 1.165) is 51.6 Å². The van der Waals surface area contributed by atoms with Gasteiger partial charge < -0.3 is 15.4 Å². The fourth-order valence-electron chi connectivity index (χ4n) is 2.72. The van der Waals surface area contributed by atoms with Crippen LogP contribution >= 0.6 is 0 Å². The molecule has 17 heavy (non-hydrogen) atoms. The lowest BCUT2D eigenvalue weighted by atomic mass is 9.86. The van der Waals surface area contributed by atoms with E-state index in [1.165, 1.54) is 0 Å². The van der Waals surface area contributed by atoms with Crippen molar-refractivity contribution < 1.29 is 9.53 Å². The predicted octanol–water partition coefficient (Wildman–Crippen LogP) is 1.14. The smallest absolute Gasteiger partial charge is 0.309 e.